The molecule has 2 heterocycles. The van der Waals surface area contributed by atoms with Crippen LogP contribution in [0, 0.1) is 11.8 Å². The average molecular weight is 539 g/mol. The number of benzene rings is 2. The van der Waals surface area contributed by atoms with Gasteiger partial charge in [-0.1, -0.05) is 50.2 Å². The van der Waals surface area contributed by atoms with Gasteiger partial charge in [-0.25, -0.2) is 13.2 Å². The SMILES string of the molecule is CC(C)CCC(N1CCCC(Cc2cn(C(=O)OC(C)(C)C)c3ccccc23)C1)S(=O)(=O)c1ccccc1. The van der Waals surface area contributed by atoms with Gasteiger partial charge in [0, 0.05) is 18.1 Å². The molecule has 0 spiro atoms. The van der Waals surface area contributed by atoms with Crippen molar-refractivity contribution >= 4 is 26.8 Å². The Morgan fingerprint density at radius 3 is 2.39 bits per heavy atom. The zero-order valence-electron chi connectivity index (χ0n) is 23.4. The van der Waals surface area contributed by atoms with Gasteiger partial charge in [0.2, 0.25) is 0 Å². The molecule has 0 saturated carbocycles. The van der Waals surface area contributed by atoms with Crippen molar-refractivity contribution in [2.75, 3.05) is 13.1 Å². The van der Waals surface area contributed by atoms with E-state index in [4.69, 9.17) is 4.74 Å². The zero-order valence-corrected chi connectivity index (χ0v) is 24.2. The summed E-state index contributed by atoms with van der Waals surface area (Å²) in [6, 6.07) is 16.8. The second-order valence-electron chi connectivity index (χ2n) is 12.0. The zero-order chi connectivity index (χ0) is 27.5. The second-order valence-corrected chi connectivity index (χ2v) is 14.1. The summed E-state index contributed by atoms with van der Waals surface area (Å²) < 4.78 is 34.8. The van der Waals surface area contributed by atoms with Gasteiger partial charge < -0.3 is 4.74 Å². The van der Waals surface area contributed by atoms with E-state index in [9.17, 15) is 13.2 Å². The number of carbonyl (C=O) groups is 1. The first-order valence-corrected chi connectivity index (χ1v) is 15.4. The summed E-state index contributed by atoms with van der Waals surface area (Å²) in [5.74, 6) is 0.734. The number of carbonyl (C=O) groups excluding carboxylic acids is 1. The van der Waals surface area contributed by atoms with Gasteiger partial charge in [-0.3, -0.25) is 9.47 Å². The average Bonchev–Trinajstić information content (AvgIpc) is 3.22. The lowest BCUT2D eigenvalue weighted by Gasteiger charge is -2.38. The Balaban J connectivity index is 1.58. The molecule has 3 aromatic rings. The maximum atomic E-state index is 13.8. The molecule has 0 radical (unpaired) electrons. The largest absolute Gasteiger partial charge is 0.443 e. The highest BCUT2D eigenvalue weighted by Gasteiger charge is 2.36. The summed E-state index contributed by atoms with van der Waals surface area (Å²) in [7, 11) is -3.49. The number of aromatic nitrogens is 1. The molecule has 7 heteroatoms. The standard InChI is InChI=1S/C31H42N2O4S/c1-23(2)17-18-29(38(35,36)26-13-7-6-8-14-26)32-19-11-12-24(21-32)20-25-22-33(30(34)37-31(3,4)5)28-16-10-9-15-27(25)28/h6-10,13-16,22-24,29H,11-12,17-21H2,1-5H3. The minimum absolute atomic E-state index is 0.300. The van der Waals surface area contributed by atoms with Crippen LogP contribution in [0.3, 0.4) is 0 Å². The molecule has 2 unspecified atom stereocenters. The normalized spacial score (nSPS) is 18.1. The van der Waals surface area contributed by atoms with E-state index in [2.05, 4.69) is 24.8 Å². The number of para-hydroxylation sites is 1. The van der Waals surface area contributed by atoms with Crippen molar-refractivity contribution in [3.8, 4) is 0 Å². The van der Waals surface area contributed by atoms with E-state index < -0.39 is 20.8 Å². The van der Waals surface area contributed by atoms with E-state index in [1.54, 1.807) is 28.8 Å². The van der Waals surface area contributed by atoms with Crippen LogP contribution in [0.15, 0.2) is 65.7 Å². The van der Waals surface area contributed by atoms with Crippen molar-refractivity contribution in [1.29, 1.82) is 0 Å². The predicted octanol–water partition coefficient (Wildman–Crippen LogP) is 6.92. The highest BCUT2D eigenvalue weighted by molar-refractivity contribution is 7.92. The number of likely N-dealkylation sites (tertiary alicyclic amines) is 1. The van der Waals surface area contributed by atoms with Gasteiger partial charge in [-0.15, -0.1) is 0 Å². The van der Waals surface area contributed by atoms with Gasteiger partial charge in [0.15, 0.2) is 9.84 Å². The molecule has 0 N–H and O–H groups in total. The van der Waals surface area contributed by atoms with Crippen LogP contribution in [-0.2, 0) is 21.0 Å². The van der Waals surface area contributed by atoms with Crippen molar-refractivity contribution in [3.05, 3.63) is 66.4 Å². The smallest absolute Gasteiger partial charge is 0.419 e. The number of hydrogen-bond donors (Lipinski definition) is 0. The molecule has 2 aromatic carbocycles. The van der Waals surface area contributed by atoms with Crippen LogP contribution in [-0.4, -0.2) is 48.0 Å². The van der Waals surface area contributed by atoms with E-state index in [-0.39, 0.29) is 6.09 Å². The molecule has 0 bridgehead atoms. The highest BCUT2D eigenvalue weighted by Crippen LogP contribution is 2.32. The van der Waals surface area contributed by atoms with E-state index in [1.807, 2.05) is 51.2 Å². The van der Waals surface area contributed by atoms with Gasteiger partial charge in [0.25, 0.3) is 0 Å². The summed E-state index contributed by atoms with van der Waals surface area (Å²) in [4.78, 5) is 15.6. The number of hydrogen-bond acceptors (Lipinski definition) is 5. The molecule has 0 aliphatic carbocycles. The molecule has 38 heavy (non-hydrogen) atoms. The number of ether oxygens (including phenoxy) is 1. The van der Waals surface area contributed by atoms with Crippen molar-refractivity contribution in [1.82, 2.24) is 9.47 Å². The molecule has 1 aromatic heterocycles. The first-order chi connectivity index (χ1) is 18.0. The van der Waals surface area contributed by atoms with Crippen LogP contribution in [0.5, 0.6) is 0 Å². The minimum atomic E-state index is -3.49. The van der Waals surface area contributed by atoms with Crippen LogP contribution < -0.4 is 0 Å². The molecule has 4 rings (SSSR count). The number of sulfone groups is 1. The molecule has 0 amide bonds. The quantitative estimate of drug-likeness (QED) is 0.312. The summed E-state index contributed by atoms with van der Waals surface area (Å²) in [5.41, 5.74) is 1.36. The van der Waals surface area contributed by atoms with Crippen LogP contribution in [0.1, 0.15) is 65.9 Å². The van der Waals surface area contributed by atoms with Crippen LogP contribution in [0.2, 0.25) is 0 Å². The van der Waals surface area contributed by atoms with Crippen LogP contribution in [0.4, 0.5) is 4.79 Å². The van der Waals surface area contributed by atoms with E-state index in [1.165, 1.54) is 0 Å². The van der Waals surface area contributed by atoms with Gasteiger partial charge in [0.1, 0.15) is 11.0 Å². The number of rotatable bonds is 8. The summed E-state index contributed by atoms with van der Waals surface area (Å²) in [6.07, 6.45) is 5.79. The molecular weight excluding hydrogens is 496 g/mol. The fourth-order valence-electron chi connectivity index (χ4n) is 5.49. The number of fused-ring (bicyclic) bond motifs is 1. The van der Waals surface area contributed by atoms with E-state index in [0.29, 0.717) is 23.2 Å². The molecular formula is C31H42N2O4S. The van der Waals surface area contributed by atoms with Crippen molar-refractivity contribution in [3.63, 3.8) is 0 Å². The Hall–Kier alpha value is -2.64. The molecule has 1 aliphatic heterocycles. The molecule has 1 aliphatic rings. The van der Waals surface area contributed by atoms with Gasteiger partial charge in [0.05, 0.1) is 10.4 Å². The van der Waals surface area contributed by atoms with Crippen LogP contribution >= 0.6 is 0 Å². The number of piperidine rings is 1. The highest BCUT2D eigenvalue weighted by atomic mass is 32.2. The third-order valence-electron chi connectivity index (χ3n) is 7.27. The van der Waals surface area contributed by atoms with Crippen molar-refractivity contribution < 1.29 is 17.9 Å². The van der Waals surface area contributed by atoms with Gasteiger partial charge >= 0.3 is 6.09 Å². The first kappa shape index (κ1) is 28.4. The third-order valence-corrected chi connectivity index (χ3v) is 9.45. The molecule has 206 valence electrons. The topological polar surface area (TPSA) is 68.6 Å². The maximum Gasteiger partial charge on any atom is 0.419 e. The third kappa shape index (κ3) is 6.67. The number of nitrogens with zero attached hydrogens (tertiary/aromatic N) is 2. The maximum absolute atomic E-state index is 13.8. The Morgan fingerprint density at radius 1 is 1.03 bits per heavy atom. The van der Waals surface area contributed by atoms with Crippen LogP contribution in [0.25, 0.3) is 10.9 Å². The molecule has 2 atom stereocenters. The Labute approximate surface area is 227 Å². The van der Waals surface area contributed by atoms with E-state index in [0.717, 1.165) is 55.2 Å². The summed E-state index contributed by atoms with van der Waals surface area (Å²) in [5, 5.41) is 0.516. The monoisotopic (exact) mass is 538 g/mol. The second kappa shape index (κ2) is 11.6. The fraction of sp³-hybridized carbons (Fsp3) is 0.516. The Kier molecular flexibility index (Phi) is 8.68. The van der Waals surface area contributed by atoms with Crippen molar-refractivity contribution in [2.45, 2.75) is 82.6 Å². The summed E-state index contributed by atoms with van der Waals surface area (Å²) >= 11 is 0. The minimum Gasteiger partial charge on any atom is -0.443 e. The van der Waals surface area contributed by atoms with Crippen molar-refractivity contribution in [2.24, 2.45) is 11.8 Å². The van der Waals surface area contributed by atoms with Gasteiger partial charge in [-0.2, -0.15) is 0 Å². The Bertz CT molecular complexity index is 1340. The molecule has 1 saturated heterocycles. The predicted molar refractivity (Wildman–Crippen MR) is 153 cm³/mol. The van der Waals surface area contributed by atoms with Gasteiger partial charge in [-0.05, 0) is 95.0 Å². The lowest BCUT2D eigenvalue weighted by molar-refractivity contribution is 0.0544. The summed E-state index contributed by atoms with van der Waals surface area (Å²) in [6.45, 7) is 11.4. The lowest BCUT2D eigenvalue weighted by atomic mass is 9.91. The van der Waals surface area contributed by atoms with E-state index >= 15 is 0 Å². The first-order valence-electron chi connectivity index (χ1n) is 13.8. The lowest BCUT2D eigenvalue weighted by Crippen LogP contribution is -2.47. The molecule has 6 nitrogen and oxygen atoms in total. The molecule has 1 fully saturated rings. The Morgan fingerprint density at radius 2 is 1.71 bits per heavy atom. The fourth-order valence-corrected chi connectivity index (χ4v) is 7.37.